The molecule has 0 saturated carbocycles. The summed E-state index contributed by atoms with van der Waals surface area (Å²) in [5, 5.41) is 11.5. The molecular formula is C8H11NO2. The Balaban J connectivity index is 2.82. The number of rotatable bonds is 1. The highest BCUT2D eigenvalue weighted by atomic mass is 16.4. The highest BCUT2D eigenvalue weighted by Crippen LogP contribution is 2.13. The first-order chi connectivity index (χ1) is 5.04. The molecule has 0 fully saturated rings. The van der Waals surface area contributed by atoms with Gasteiger partial charge < -0.3 is 10.4 Å². The van der Waals surface area contributed by atoms with Crippen LogP contribution < -0.4 is 5.32 Å². The maximum Gasteiger partial charge on any atom is 0.333 e. The van der Waals surface area contributed by atoms with Crippen LogP contribution in [0.25, 0.3) is 0 Å². The lowest BCUT2D eigenvalue weighted by Crippen LogP contribution is -2.46. The maximum absolute atomic E-state index is 10.6. The van der Waals surface area contributed by atoms with E-state index in [1.807, 2.05) is 6.92 Å². The van der Waals surface area contributed by atoms with Gasteiger partial charge in [-0.05, 0) is 25.5 Å². The Hall–Kier alpha value is -1.25. The third kappa shape index (κ3) is 1.42. The SMILES string of the molecule is CC1=CNC(C)(C(=O)O)C=C1. The quantitative estimate of drug-likeness (QED) is 0.588. The Morgan fingerprint density at radius 3 is 2.73 bits per heavy atom. The Bertz CT molecular complexity index is 242. The Labute approximate surface area is 65.4 Å². The molecule has 1 aliphatic rings. The molecule has 2 N–H and O–H groups in total. The van der Waals surface area contributed by atoms with Crippen molar-refractivity contribution in [1.82, 2.24) is 5.32 Å². The number of carboxylic acid groups (broad SMARTS) is 1. The van der Waals surface area contributed by atoms with Crippen LogP contribution in [0, 0.1) is 0 Å². The van der Waals surface area contributed by atoms with Crippen molar-refractivity contribution in [3.63, 3.8) is 0 Å². The monoisotopic (exact) mass is 153 g/mol. The first-order valence-corrected chi connectivity index (χ1v) is 3.42. The lowest BCUT2D eigenvalue weighted by atomic mass is 9.99. The summed E-state index contributed by atoms with van der Waals surface area (Å²) in [4.78, 5) is 10.6. The van der Waals surface area contributed by atoms with E-state index in [4.69, 9.17) is 5.11 Å². The van der Waals surface area contributed by atoms with Crippen LogP contribution >= 0.6 is 0 Å². The average molecular weight is 153 g/mol. The van der Waals surface area contributed by atoms with Crippen LogP contribution in [-0.2, 0) is 4.79 Å². The average Bonchev–Trinajstić information content (AvgIpc) is 1.95. The third-order valence-electron chi connectivity index (χ3n) is 1.72. The lowest BCUT2D eigenvalue weighted by Gasteiger charge is -2.24. The van der Waals surface area contributed by atoms with Crippen LogP contribution in [0.2, 0.25) is 0 Å². The Morgan fingerprint density at radius 2 is 2.36 bits per heavy atom. The molecule has 0 aromatic heterocycles. The molecule has 0 radical (unpaired) electrons. The van der Waals surface area contributed by atoms with E-state index in [0.29, 0.717) is 0 Å². The van der Waals surface area contributed by atoms with Gasteiger partial charge >= 0.3 is 5.97 Å². The summed E-state index contributed by atoms with van der Waals surface area (Å²) >= 11 is 0. The number of nitrogens with one attached hydrogen (secondary N) is 1. The van der Waals surface area contributed by atoms with Crippen molar-refractivity contribution in [2.24, 2.45) is 0 Å². The fourth-order valence-corrected chi connectivity index (χ4v) is 0.791. The van der Waals surface area contributed by atoms with Crippen LogP contribution in [0.15, 0.2) is 23.9 Å². The number of carboxylic acids is 1. The molecule has 1 unspecified atom stereocenters. The van der Waals surface area contributed by atoms with Gasteiger partial charge in [-0.2, -0.15) is 0 Å². The summed E-state index contributed by atoms with van der Waals surface area (Å²) in [6, 6.07) is 0. The largest absolute Gasteiger partial charge is 0.479 e. The second kappa shape index (κ2) is 2.42. The van der Waals surface area contributed by atoms with Gasteiger partial charge in [0.15, 0.2) is 5.54 Å². The predicted octanol–water partition coefficient (Wildman–Crippen LogP) is 0.893. The summed E-state index contributed by atoms with van der Waals surface area (Å²) in [7, 11) is 0. The summed E-state index contributed by atoms with van der Waals surface area (Å²) in [5.41, 5.74) is 0.100. The van der Waals surface area contributed by atoms with Gasteiger partial charge in [0, 0.05) is 6.20 Å². The molecule has 0 bridgehead atoms. The Kier molecular flexibility index (Phi) is 1.72. The van der Waals surface area contributed by atoms with E-state index in [2.05, 4.69) is 5.32 Å². The van der Waals surface area contributed by atoms with Gasteiger partial charge in [-0.25, -0.2) is 4.79 Å². The number of dihydropyridines is 1. The molecule has 60 valence electrons. The van der Waals surface area contributed by atoms with Crippen LogP contribution in [0.4, 0.5) is 0 Å². The smallest absolute Gasteiger partial charge is 0.333 e. The molecule has 1 aliphatic heterocycles. The topological polar surface area (TPSA) is 49.3 Å². The molecule has 1 rings (SSSR count). The third-order valence-corrected chi connectivity index (χ3v) is 1.72. The minimum atomic E-state index is -0.931. The minimum Gasteiger partial charge on any atom is -0.479 e. The first-order valence-electron chi connectivity index (χ1n) is 3.42. The van der Waals surface area contributed by atoms with Crippen molar-refractivity contribution in [3.05, 3.63) is 23.9 Å². The first kappa shape index (κ1) is 7.85. The Morgan fingerprint density at radius 1 is 1.73 bits per heavy atom. The van der Waals surface area contributed by atoms with Gasteiger partial charge in [-0.15, -0.1) is 0 Å². The fraction of sp³-hybridized carbons (Fsp3) is 0.375. The van der Waals surface area contributed by atoms with E-state index in [9.17, 15) is 4.79 Å². The van der Waals surface area contributed by atoms with E-state index in [1.165, 1.54) is 0 Å². The minimum absolute atomic E-state index is 0.863. The van der Waals surface area contributed by atoms with E-state index in [-0.39, 0.29) is 0 Å². The summed E-state index contributed by atoms with van der Waals surface area (Å²) < 4.78 is 0. The summed E-state index contributed by atoms with van der Waals surface area (Å²) in [6.07, 6.45) is 5.14. The molecule has 0 amide bonds. The second-order valence-electron chi connectivity index (χ2n) is 2.87. The van der Waals surface area contributed by atoms with Gasteiger partial charge in [-0.1, -0.05) is 6.08 Å². The van der Waals surface area contributed by atoms with Crippen LogP contribution in [0.5, 0.6) is 0 Å². The molecule has 0 aromatic carbocycles. The molecule has 1 atom stereocenters. The van der Waals surface area contributed by atoms with Gasteiger partial charge in [0.05, 0.1) is 0 Å². The number of aliphatic carboxylic acids is 1. The van der Waals surface area contributed by atoms with Crippen molar-refractivity contribution in [1.29, 1.82) is 0 Å². The highest BCUT2D eigenvalue weighted by Gasteiger charge is 2.29. The summed E-state index contributed by atoms with van der Waals surface area (Å²) in [5.74, 6) is -0.863. The van der Waals surface area contributed by atoms with Crippen molar-refractivity contribution in [2.75, 3.05) is 0 Å². The molecule has 3 nitrogen and oxygen atoms in total. The van der Waals surface area contributed by atoms with Crippen molar-refractivity contribution >= 4 is 5.97 Å². The number of allylic oxidation sites excluding steroid dienone is 2. The van der Waals surface area contributed by atoms with Gasteiger partial charge in [-0.3, -0.25) is 0 Å². The second-order valence-corrected chi connectivity index (χ2v) is 2.87. The molecule has 11 heavy (non-hydrogen) atoms. The van der Waals surface area contributed by atoms with Crippen molar-refractivity contribution in [3.8, 4) is 0 Å². The van der Waals surface area contributed by atoms with E-state index in [1.54, 1.807) is 25.3 Å². The van der Waals surface area contributed by atoms with E-state index in [0.717, 1.165) is 5.57 Å². The molecule has 1 heterocycles. The molecule has 0 spiro atoms. The van der Waals surface area contributed by atoms with E-state index >= 15 is 0 Å². The molecule has 0 aliphatic carbocycles. The zero-order valence-corrected chi connectivity index (χ0v) is 6.59. The predicted molar refractivity (Wildman–Crippen MR) is 42.1 cm³/mol. The summed E-state index contributed by atoms with van der Waals surface area (Å²) in [6.45, 7) is 3.53. The normalized spacial score (nSPS) is 29.1. The van der Waals surface area contributed by atoms with Crippen LogP contribution in [-0.4, -0.2) is 16.6 Å². The zero-order valence-electron chi connectivity index (χ0n) is 6.59. The molecule has 0 aromatic rings. The van der Waals surface area contributed by atoms with Crippen LogP contribution in [0.3, 0.4) is 0 Å². The van der Waals surface area contributed by atoms with Gasteiger partial charge in [0.1, 0.15) is 0 Å². The standard InChI is InChI=1S/C8H11NO2/c1-6-3-4-8(2,7(10)11)9-5-6/h3-5,9H,1-2H3,(H,10,11). The number of hydrogen-bond donors (Lipinski definition) is 2. The lowest BCUT2D eigenvalue weighted by molar-refractivity contribution is -0.141. The molecular weight excluding hydrogens is 142 g/mol. The van der Waals surface area contributed by atoms with Gasteiger partial charge in [0.25, 0.3) is 0 Å². The zero-order chi connectivity index (χ0) is 8.48. The maximum atomic E-state index is 10.6. The highest BCUT2D eigenvalue weighted by molar-refractivity contribution is 5.81. The van der Waals surface area contributed by atoms with Crippen LogP contribution in [0.1, 0.15) is 13.8 Å². The van der Waals surface area contributed by atoms with Gasteiger partial charge in [0.2, 0.25) is 0 Å². The fourth-order valence-electron chi connectivity index (χ4n) is 0.791. The molecule has 0 saturated heterocycles. The van der Waals surface area contributed by atoms with E-state index < -0.39 is 11.5 Å². The molecule has 3 heteroatoms. The van der Waals surface area contributed by atoms with Crippen molar-refractivity contribution < 1.29 is 9.90 Å². The van der Waals surface area contributed by atoms with Crippen molar-refractivity contribution in [2.45, 2.75) is 19.4 Å². The number of hydrogen-bond acceptors (Lipinski definition) is 2. The number of carbonyl (C=O) groups is 1.